The van der Waals surface area contributed by atoms with Gasteiger partial charge >= 0.3 is 0 Å². The molecule has 0 amide bonds. The number of benzene rings is 1. The monoisotopic (exact) mass is 218 g/mol. The van der Waals surface area contributed by atoms with Crippen LogP contribution in [0, 0.1) is 0 Å². The molecule has 0 N–H and O–H groups in total. The van der Waals surface area contributed by atoms with Gasteiger partial charge in [0.25, 0.3) is 0 Å². The molecule has 0 radical (unpaired) electrons. The molecule has 0 aliphatic carbocycles. The number of hydrogen-bond donors (Lipinski definition) is 0. The highest BCUT2D eigenvalue weighted by atomic mass is 32.1. The second-order valence-corrected chi connectivity index (χ2v) is 4.29. The Labute approximate surface area is 89.2 Å². The lowest BCUT2D eigenvalue weighted by molar-refractivity contribution is 1.63. The fraction of sp³-hybridized carbons (Fsp3) is 0. The van der Waals surface area contributed by atoms with Crippen LogP contribution in [-0.4, -0.2) is 8.75 Å². The molecular weight excluding hydrogens is 212 g/mol. The Balaban J connectivity index is 2.23. The quantitative estimate of drug-likeness (QED) is 0.625. The van der Waals surface area contributed by atoms with Gasteiger partial charge in [0.05, 0.1) is 11.7 Å². The molecule has 1 aromatic carbocycles. The van der Waals surface area contributed by atoms with Crippen molar-refractivity contribution >= 4 is 34.1 Å². The minimum Gasteiger partial charge on any atom is -0.173 e. The van der Waals surface area contributed by atoms with Gasteiger partial charge in [0.15, 0.2) is 0 Å². The first kappa shape index (κ1) is 8.08. The first-order valence-electron chi connectivity index (χ1n) is 4.18. The maximum absolute atomic E-state index is 4.22. The van der Waals surface area contributed by atoms with E-state index in [-0.39, 0.29) is 0 Å². The minimum absolute atomic E-state index is 0.981. The third-order valence-corrected chi connectivity index (χ3v) is 3.35. The van der Waals surface area contributed by atoms with Crippen LogP contribution < -0.4 is 0 Å². The zero-order valence-electron chi connectivity index (χ0n) is 7.18. The lowest BCUT2D eigenvalue weighted by atomic mass is 10.1. The third kappa shape index (κ3) is 1.23. The van der Waals surface area contributed by atoms with Gasteiger partial charge < -0.3 is 0 Å². The molecule has 2 nitrogen and oxygen atoms in total. The van der Waals surface area contributed by atoms with Crippen LogP contribution in [0.25, 0.3) is 22.2 Å². The molecule has 0 fully saturated rings. The number of rotatable bonds is 1. The summed E-state index contributed by atoms with van der Waals surface area (Å²) in [5.74, 6) is 0. The molecule has 4 heteroatoms. The molecule has 0 unspecified atom stereocenters. The van der Waals surface area contributed by atoms with Crippen LogP contribution in [0.4, 0.5) is 0 Å². The molecule has 2 heterocycles. The van der Waals surface area contributed by atoms with E-state index in [1.165, 1.54) is 22.9 Å². The molecule has 3 rings (SSSR count). The predicted molar refractivity (Wildman–Crippen MR) is 60.7 cm³/mol. The largest absolute Gasteiger partial charge is 0.173 e. The van der Waals surface area contributed by atoms with E-state index in [0.29, 0.717) is 0 Å². The van der Waals surface area contributed by atoms with Gasteiger partial charge in [0, 0.05) is 0 Å². The summed E-state index contributed by atoms with van der Waals surface area (Å²) in [6.07, 6.45) is 0. The van der Waals surface area contributed by atoms with E-state index in [0.717, 1.165) is 11.0 Å². The summed E-state index contributed by atoms with van der Waals surface area (Å²) >= 11 is 2.97. The molecule has 68 valence electrons. The Bertz CT molecular complexity index is 554. The minimum atomic E-state index is 0.981. The summed E-state index contributed by atoms with van der Waals surface area (Å²) < 4.78 is 8.40. The Hall–Kier alpha value is -1.26. The number of thiophene rings is 1. The van der Waals surface area contributed by atoms with E-state index in [1.807, 2.05) is 6.07 Å². The van der Waals surface area contributed by atoms with Crippen LogP contribution in [0.3, 0.4) is 0 Å². The second kappa shape index (κ2) is 3.15. The topological polar surface area (TPSA) is 25.8 Å². The van der Waals surface area contributed by atoms with E-state index in [2.05, 4.69) is 37.7 Å². The predicted octanol–water partition coefficient (Wildman–Crippen LogP) is 3.42. The molecule has 0 aliphatic rings. The van der Waals surface area contributed by atoms with Gasteiger partial charge in [-0.25, -0.2) is 0 Å². The SMILES string of the molecule is c1cc(-c2ccc3nsnc3c2)cs1. The van der Waals surface area contributed by atoms with Gasteiger partial charge in [-0.3, -0.25) is 0 Å². The summed E-state index contributed by atoms with van der Waals surface area (Å²) in [5, 5.41) is 4.22. The third-order valence-electron chi connectivity index (χ3n) is 2.11. The molecule has 0 atom stereocenters. The van der Waals surface area contributed by atoms with Crippen LogP contribution in [-0.2, 0) is 0 Å². The van der Waals surface area contributed by atoms with Crippen molar-refractivity contribution in [3.05, 3.63) is 35.0 Å². The first-order chi connectivity index (χ1) is 6.93. The Morgan fingerprint density at radius 2 is 1.86 bits per heavy atom. The zero-order valence-corrected chi connectivity index (χ0v) is 8.81. The van der Waals surface area contributed by atoms with Crippen LogP contribution in [0.5, 0.6) is 0 Å². The van der Waals surface area contributed by atoms with Gasteiger partial charge in [0.2, 0.25) is 0 Å². The molecule has 14 heavy (non-hydrogen) atoms. The van der Waals surface area contributed by atoms with Crippen molar-refractivity contribution in [1.82, 2.24) is 8.75 Å². The van der Waals surface area contributed by atoms with E-state index in [4.69, 9.17) is 0 Å². The molecular formula is C10H6N2S2. The Morgan fingerprint density at radius 3 is 2.71 bits per heavy atom. The van der Waals surface area contributed by atoms with Crippen LogP contribution in [0.2, 0.25) is 0 Å². The highest BCUT2D eigenvalue weighted by molar-refractivity contribution is 7.08. The molecule has 3 aromatic rings. The van der Waals surface area contributed by atoms with Crippen molar-refractivity contribution in [3.63, 3.8) is 0 Å². The fourth-order valence-electron chi connectivity index (χ4n) is 1.39. The maximum Gasteiger partial charge on any atom is 0.105 e. The van der Waals surface area contributed by atoms with Gasteiger partial charge in [-0.1, -0.05) is 6.07 Å². The molecule has 0 saturated heterocycles. The lowest BCUT2D eigenvalue weighted by Gasteiger charge is -1.95. The second-order valence-electron chi connectivity index (χ2n) is 2.98. The van der Waals surface area contributed by atoms with E-state index in [1.54, 1.807) is 11.3 Å². The fourth-order valence-corrected chi connectivity index (χ4v) is 2.57. The molecule has 0 spiro atoms. The van der Waals surface area contributed by atoms with Crippen molar-refractivity contribution < 1.29 is 0 Å². The Morgan fingerprint density at radius 1 is 0.929 bits per heavy atom. The van der Waals surface area contributed by atoms with E-state index < -0.39 is 0 Å². The average molecular weight is 218 g/mol. The average Bonchev–Trinajstić information content (AvgIpc) is 2.88. The first-order valence-corrected chi connectivity index (χ1v) is 5.86. The van der Waals surface area contributed by atoms with E-state index >= 15 is 0 Å². The van der Waals surface area contributed by atoms with Crippen molar-refractivity contribution in [3.8, 4) is 11.1 Å². The Kier molecular flexibility index (Phi) is 1.82. The van der Waals surface area contributed by atoms with Gasteiger partial charge in [-0.05, 0) is 40.1 Å². The van der Waals surface area contributed by atoms with Crippen molar-refractivity contribution in [2.75, 3.05) is 0 Å². The number of hydrogen-bond acceptors (Lipinski definition) is 4. The molecule has 0 aliphatic heterocycles. The summed E-state index contributed by atoms with van der Waals surface area (Å²) in [5.41, 5.74) is 4.43. The number of aromatic nitrogens is 2. The van der Waals surface area contributed by atoms with Crippen molar-refractivity contribution in [1.29, 1.82) is 0 Å². The molecule has 2 aromatic heterocycles. The highest BCUT2D eigenvalue weighted by Gasteiger charge is 2.02. The van der Waals surface area contributed by atoms with E-state index in [9.17, 15) is 0 Å². The van der Waals surface area contributed by atoms with Crippen LogP contribution >= 0.6 is 23.1 Å². The number of fused-ring (bicyclic) bond motifs is 1. The normalized spacial score (nSPS) is 10.9. The smallest absolute Gasteiger partial charge is 0.105 e. The lowest BCUT2D eigenvalue weighted by Crippen LogP contribution is -1.74. The zero-order chi connectivity index (χ0) is 9.38. The molecule has 0 bridgehead atoms. The van der Waals surface area contributed by atoms with Gasteiger partial charge in [-0.15, -0.1) is 0 Å². The summed E-state index contributed by atoms with van der Waals surface area (Å²) in [4.78, 5) is 0. The van der Waals surface area contributed by atoms with Crippen LogP contribution in [0.1, 0.15) is 0 Å². The highest BCUT2D eigenvalue weighted by Crippen LogP contribution is 2.25. The standard InChI is InChI=1S/C10H6N2S2/c1-2-9-10(12-14-11-9)5-7(1)8-3-4-13-6-8/h1-6H. The van der Waals surface area contributed by atoms with Crippen molar-refractivity contribution in [2.24, 2.45) is 0 Å². The summed E-state index contributed by atoms with van der Waals surface area (Å²) in [6, 6.07) is 8.31. The van der Waals surface area contributed by atoms with Gasteiger partial charge in [0.1, 0.15) is 11.0 Å². The molecule has 0 saturated carbocycles. The number of nitrogens with zero attached hydrogens (tertiary/aromatic N) is 2. The van der Waals surface area contributed by atoms with Gasteiger partial charge in [-0.2, -0.15) is 20.1 Å². The summed E-state index contributed by atoms with van der Waals surface area (Å²) in [7, 11) is 0. The van der Waals surface area contributed by atoms with Crippen LogP contribution in [0.15, 0.2) is 35.0 Å². The summed E-state index contributed by atoms with van der Waals surface area (Å²) in [6.45, 7) is 0. The van der Waals surface area contributed by atoms with Crippen molar-refractivity contribution in [2.45, 2.75) is 0 Å². The maximum atomic E-state index is 4.22.